The molecule has 1 rings (SSSR count). The van der Waals surface area contributed by atoms with Crippen LogP contribution in [0.25, 0.3) is 0 Å². The van der Waals surface area contributed by atoms with Crippen molar-refractivity contribution >= 4 is 32.4 Å². The van der Waals surface area contributed by atoms with Gasteiger partial charge in [0.25, 0.3) is 0 Å². The lowest BCUT2D eigenvalue weighted by molar-refractivity contribution is 0.586. The molecule has 0 aliphatic rings. The molecule has 0 N–H and O–H groups in total. The summed E-state index contributed by atoms with van der Waals surface area (Å²) < 4.78 is 72.8. The Bertz CT molecular complexity index is 541. The van der Waals surface area contributed by atoms with Crippen molar-refractivity contribution < 1.29 is 24.0 Å². The van der Waals surface area contributed by atoms with Gasteiger partial charge in [-0.05, 0) is 24.3 Å². The summed E-state index contributed by atoms with van der Waals surface area (Å²) in [6, 6.07) is 3.62. The monoisotopic (exact) mass is 276 g/mol. The number of benzene rings is 1. The number of halogens is 4. The Labute approximate surface area is 89.8 Å². The molecule has 0 unspecified atom stereocenters. The van der Waals surface area contributed by atoms with E-state index in [-0.39, 0.29) is 11.4 Å². The van der Waals surface area contributed by atoms with Crippen LogP contribution >= 0.6 is 0 Å². The van der Waals surface area contributed by atoms with E-state index in [1.807, 2.05) is 0 Å². The third-order valence-corrected chi connectivity index (χ3v) is 2.12. The maximum Gasteiger partial charge on any atom is 0.371 e. The van der Waals surface area contributed by atoms with E-state index in [1.54, 1.807) is 0 Å². The van der Waals surface area contributed by atoms with E-state index in [9.17, 15) is 24.0 Å². The molecule has 90 valence electrons. The zero-order valence-electron chi connectivity index (χ0n) is 7.35. The predicted molar refractivity (Wildman–Crippen MR) is 51.3 cm³/mol. The summed E-state index contributed by atoms with van der Waals surface area (Å²) in [5.74, 6) is 0. The van der Waals surface area contributed by atoms with Crippen LogP contribution in [0.4, 0.5) is 26.9 Å². The van der Waals surface area contributed by atoms with Crippen LogP contribution < -0.4 is 0 Å². The van der Waals surface area contributed by atoms with Crippen LogP contribution in [-0.4, -0.2) is 8.42 Å². The van der Waals surface area contributed by atoms with Crippen LogP contribution in [-0.2, 0) is 21.0 Å². The Hall–Kier alpha value is -1.16. The number of rotatable bonds is 2. The van der Waals surface area contributed by atoms with Crippen LogP contribution in [0.2, 0.25) is 0 Å². The number of hydrogen-bond acceptors (Lipinski definition) is 4. The summed E-state index contributed by atoms with van der Waals surface area (Å²) in [7, 11) is -10.6. The van der Waals surface area contributed by atoms with E-state index in [1.165, 1.54) is 0 Å². The van der Waals surface area contributed by atoms with Crippen molar-refractivity contribution in [3.05, 3.63) is 24.3 Å². The Balaban J connectivity index is 3.12. The molecule has 0 amide bonds. The van der Waals surface area contributed by atoms with Gasteiger partial charge in [-0.25, -0.2) is 0 Å². The summed E-state index contributed by atoms with van der Waals surface area (Å²) in [6.45, 7) is 0. The summed E-state index contributed by atoms with van der Waals surface area (Å²) in [6.07, 6.45) is 0. The maximum absolute atomic E-state index is 12.0. The molecular weight excluding hydrogens is 272 g/mol. The molecular formula is C6H4F4N2O2S2. The molecule has 0 atom stereocenters. The third-order valence-electron chi connectivity index (χ3n) is 1.27. The first-order valence-electron chi connectivity index (χ1n) is 3.58. The highest BCUT2D eigenvalue weighted by Gasteiger charge is 2.04. The van der Waals surface area contributed by atoms with Gasteiger partial charge in [0, 0.05) is 0 Å². The van der Waals surface area contributed by atoms with Gasteiger partial charge in [-0.1, -0.05) is 15.5 Å². The number of nitrogens with zero attached hydrogens (tertiary/aromatic N) is 2. The van der Waals surface area contributed by atoms with Crippen LogP contribution in [0.1, 0.15) is 0 Å². The molecule has 1 aromatic rings. The first kappa shape index (κ1) is 12.9. The largest absolute Gasteiger partial charge is 0.371 e. The minimum absolute atomic E-state index is 0.349. The first-order chi connectivity index (χ1) is 7.16. The third kappa shape index (κ3) is 5.07. The van der Waals surface area contributed by atoms with Gasteiger partial charge in [0.2, 0.25) is 0 Å². The van der Waals surface area contributed by atoms with E-state index in [0.29, 0.717) is 0 Å². The van der Waals surface area contributed by atoms with E-state index < -0.39 is 21.0 Å². The molecule has 0 aliphatic carbocycles. The van der Waals surface area contributed by atoms with Gasteiger partial charge in [0.05, 0.1) is 11.4 Å². The van der Waals surface area contributed by atoms with Crippen molar-refractivity contribution in [2.45, 2.75) is 0 Å². The quantitative estimate of drug-likeness (QED) is 0.613. The highest BCUT2D eigenvalue weighted by atomic mass is 32.3. The van der Waals surface area contributed by atoms with Gasteiger partial charge < -0.3 is 0 Å². The van der Waals surface area contributed by atoms with Crippen molar-refractivity contribution in [1.29, 1.82) is 0 Å². The molecule has 0 saturated heterocycles. The van der Waals surface area contributed by atoms with Crippen LogP contribution in [0.3, 0.4) is 0 Å². The van der Waals surface area contributed by atoms with Gasteiger partial charge in [-0.15, -0.1) is 8.73 Å². The van der Waals surface area contributed by atoms with Crippen molar-refractivity contribution in [3.8, 4) is 0 Å². The zero-order valence-corrected chi connectivity index (χ0v) is 8.98. The summed E-state index contributed by atoms with van der Waals surface area (Å²) in [4.78, 5) is 0. The summed E-state index contributed by atoms with van der Waals surface area (Å²) in [5.41, 5.74) is -0.698. The molecule has 0 spiro atoms. The second-order valence-corrected chi connectivity index (χ2v) is 4.45. The smallest absolute Gasteiger partial charge is 0.180 e. The average molecular weight is 276 g/mol. The molecule has 1 aromatic carbocycles. The van der Waals surface area contributed by atoms with Crippen LogP contribution in [0, 0.1) is 0 Å². The van der Waals surface area contributed by atoms with Crippen LogP contribution in [0.5, 0.6) is 0 Å². The molecule has 0 bridgehead atoms. The van der Waals surface area contributed by atoms with Crippen molar-refractivity contribution in [3.63, 3.8) is 0 Å². The Kier molecular flexibility index (Phi) is 3.53. The fraction of sp³-hybridized carbons (Fsp3) is 0. The van der Waals surface area contributed by atoms with Crippen molar-refractivity contribution in [1.82, 2.24) is 0 Å². The molecule has 0 heterocycles. The standard InChI is InChI=1S/C6H4F4N2O2S2/c7-15(8,13)11-5-1-2-6(4-3-5)12-16(9,10)14/h1-4H. The second kappa shape index (κ2) is 4.37. The first-order valence-corrected chi connectivity index (χ1v) is 6.22. The SMILES string of the molecule is O=S(F)(F)=Nc1ccc(N=S(=O)(F)F)cc1. The topological polar surface area (TPSA) is 58.9 Å². The van der Waals surface area contributed by atoms with E-state index in [4.69, 9.17) is 0 Å². The minimum Gasteiger partial charge on any atom is -0.180 e. The lowest BCUT2D eigenvalue weighted by Gasteiger charge is -1.94. The van der Waals surface area contributed by atoms with Crippen LogP contribution in [0.15, 0.2) is 33.0 Å². The van der Waals surface area contributed by atoms with Gasteiger partial charge in [-0.3, -0.25) is 0 Å². The molecule has 0 fully saturated rings. The Morgan fingerprint density at radius 1 is 0.750 bits per heavy atom. The van der Waals surface area contributed by atoms with Crippen molar-refractivity contribution in [2.24, 2.45) is 8.73 Å². The maximum atomic E-state index is 12.0. The van der Waals surface area contributed by atoms with E-state index >= 15 is 0 Å². The second-order valence-electron chi connectivity index (χ2n) is 2.49. The normalized spacial score (nSPS) is 12.2. The van der Waals surface area contributed by atoms with E-state index in [2.05, 4.69) is 8.73 Å². The molecule has 0 aromatic heterocycles. The lowest BCUT2D eigenvalue weighted by atomic mass is 10.3. The van der Waals surface area contributed by atoms with Crippen molar-refractivity contribution in [2.75, 3.05) is 0 Å². The average Bonchev–Trinajstić information content (AvgIpc) is 2.03. The van der Waals surface area contributed by atoms with Gasteiger partial charge in [-0.2, -0.15) is 8.42 Å². The fourth-order valence-corrected chi connectivity index (χ4v) is 1.55. The zero-order chi connectivity index (χ0) is 12.4. The molecule has 0 saturated carbocycles. The van der Waals surface area contributed by atoms with E-state index in [0.717, 1.165) is 24.3 Å². The molecule has 0 aliphatic heterocycles. The molecule has 4 nitrogen and oxygen atoms in total. The molecule has 10 heteroatoms. The minimum atomic E-state index is -5.29. The highest BCUT2D eigenvalue weighted by Crippen LogP contribution is 2.22. The lowest BCUT2D eigenvalue weighted by Crippen LogP contribution is -1.77. The summed E-state index contributed by atoms with van der Waals surface area (Å²) in [5, 5.41) is 0. The highest BCUT2D eigenvalue weighted by molar-refractivity contribution is 7.83. The molecule has 0 radical (unpaired) electrons. The fourth-order valence-electron chi connectivity index (χ4n) is 0.820. The predicted octanol–water partition coefficient (Wildman–Crippen LogP) is 3.42. The van der Waals surface area contributed by atoms with Gasteiger partial charge in [0.15, 0.2) is 0 Å². The van der Waals surface area contributed by atoms with Gasteiger partial charge in [0.1, 0.15) is 0 Å². The molecule has 16 heavy (non-hydrogen) atoms. The number of hydrogen-bond donors (Lipinski definition) is 0. The Morgan fingerprint density at radius 2 is 1.00 bits per heavy atom. The Morgan fingerprint density at radius 3 is 1.19 bits per heavy atom. The van der Waals surface area contributed by atoms with Gasteiger partial charge >= 0.3 is 21.0 Å². The summed E-state index contributed by atoms with van der Waals surface area (Å²) >= 11 is 0.